The number of carboxylic acids is 1. The van der Waals surface area contributed by atoms with E-state index in [-0.39, 0.29) is 19.3 Å². The van der Waals surface area contributed by atoms with Crippen molar-refractivity contribution in [2.24, 2.45) is 5.73 Å². The molecule has 0 bridgehead atoms. The number of carboxylic acid groups (broad SMARTS) is 1. The molecule has 5 unspecified atom stereocenters. The molecular weight excluding hydrogens is 508 g/mol. The summed E-state index contributed by atoms with van der Waals surface area (Å²) in [6.45, 7) is 1.22. The van der Waals surface area contributed by atoms with Crippen molar-refractivity contribution in [2.75, 3.05) is 0 Å². The van der Waals surface area contributed by atoms with Gasteiger partial charge in [-0.25, -0.2) is 14.8 Å². The number of carbonyl (C=O) groups is 4. The second kappa shape index (κ2) is 13.8. The topological polar surface area (TPSA) is 228 Å². The van der Waals surface area contributed by atoms with Crippen LogP contribution in [0.25, 0.3) is 0 Å². The van der Waals surface area contributed by atoms with Gasteiger partial charge in [-0.1, -0.05) is 30.3 Å². The summed E-state index contributed by atoms with van der Waals surface area (Å²) in [7, 11) is 0. The molecule has 3 aromatic rings. The molecule has 5 atom stereocenters. The number of aromatic amines is 2. The van der Waals surface area contributed by atoms with E-state index in [0.29, 0.717) is 11.4 Å². The van der Waals surface area contributed by atoms with E-state index >= 15 is 0 Å². The third-order valence-electron chi connectivity index (χ3n) is 5.91. The van der Waals surface area contributed by atoms with E-state index in [2.05, 4.69) is 35.9 Å². The third kappa shape index (κ3) is 8.76. The van der Waals surface area contributed by atoms with E-state index in [1.165, 1.54) is 32.0 Å². The number of amides is 3. The number of hydrogen-bond donors (Lipinski definition) is 8. The number of aromatic nitrogens is 4. The zero-order valence-corrected chi connectivity index (χ0v) is 21.2. The minimum atomic E-state index is -1.60. The summed E-state index contributed by atoms with van der Waals surface area (Å²) in [6, 6.07) is 4.19. The Bertz CT molecular complexity index is 1220. The van der Waals surface area contributed by atoms with Crippen molar-refractivity contribution >= 4 is 23.7 Å². The fourth-order valence-electron chi connectivity index (χ4n) is 3.81. The molecule has 0 spiro atoms. The first-order valence-corrected chi connectivity index (χ1v) is 12.2. The highest BCUT2D eigenvalue weighted by Crippen LogP contribution is 2.06. The molecule has 9 N–H and O–H groups in total. The lowest BCUT2D eigenvalue weighted by molar-refractivity contribution is -0.145. The lowest BCUT2D eigenvalue weighted by Gasteiger charge is -2.25. The molecule has 208 valence electrons. The van der Waals surface area contributed by atoms with Gasteiger partial charge in [0.25, 0.3) is 0 Å². The minimum absolute atomic E-state index is 0.0133. The maximum Gasteiger partial charge on any atom is 0.328 e. The molecule has 0 aliphatic carbocycles. The molecule has 14 heteroatoms. The molecule has 0 saturated carbocycles. The van der Waals surface area contributed by atoms with Crippen LogP contribution in [0.4, 0.5) is 0 Å². The molecule has 1 aromatic carbocycles. The van der Waals surface area contributed by atoms with E-state index in [9.17, 15) is 29.4 Å². The summed E-state index contributed by atoms with van der Waals surface area (Å²) >= 11 is 0. The highest BCUT2D eigenvalue weighted by Gasteiger charge is 2.32. The van der Waals surface area contributed by atoms with Crippen molar-refractivity contribution in [3.8, 4) is 0 Å². The number of rotatable bonds is 14. The van der Waals surface area contributed by atoms with E-state index in [4.69, 9.17) is 5.73 Å². The average Bonchev–Trinajstić information content (AvgIpc) is 3.61. The Morgan fingerprint density at radius 1 is 0.846 bits per heavy atom. The lowest BCUT2D eigenvalue weighted by Crippen LogP contribution is -2.59. The molecule has 2 heterocycles. The first-order valence-electron chi connectivity index (χ1n) is 12.2. The molecule has 0 fully saturated rings. The van der Waals surface area contributed by atoms with Gasteiger partial charge in [0, 0.05) is 36.6 Å². The number of hydrogen-bond acceptors (Lipinski definition) is 8. The van der Waals surface area contributed by atoms with Crippen LogP contribution in [0.5, 0.6) is 0 Å². The number of aliphatic hydroxyl groups excluding tert-OH is 1. The second-order valence-corrected chi connectivity index (χ2v) is 9.05. The number of nitrogens with one attached hydrogen (secondary N) is 5. The maximum absolute atomic E-state index is 13.4. The molecule has 0 aliphatic heterocycles. The summed E-state index contributed by atoms with van der Waals surface area (Å²) in [5.41, 5.74) is 7.98. The molecular formula is C25H32N8O6. The van der Waals surface area contributed by atoms with Gasteiger partial charge >= 0.3 is 5.97 Å². The Kier molecular flexibility index (Phi) is 10.3. The number of aliphatic carboxylic acids is 1. The van der Waals surface area contributed by atoms with Crippen LogP contribution >= 0.6 is 0 Å². The van der Waals surface area contributed by atoms with Crippen molar-refractivity contribution < 1.29 is 29.4 Å². The van der Waals surface area contributed by atoms with Gasteiger partial charge in [0.05, 0.1) is 24.8 Å². The average molecular weight is 541 g/mol. The number of H-pyrrole nitrogens is 2. The predicted molar refractivity (Wildman–Crippen MR) is 138 cm³/mol. The lowest BCUT2D eigenvalue weighted by atomic mass is 10.0. The summed E-state index contributed by atoms with van der Waals surface area (Å²) in [5, 5.41) is 26.6. The van der Waals surface area contributed by atoms with Crippen LogP contribution in [0.15, 0.2) is 55.4 Å². The van der Waals surface area contributed by atoms with Gasteiger partial charge < -0.3 is 41.9 Å². The molecule has 0 aliphatic rings. The third-order valence-corrected chi connectivity index (χ3v) is 5.91. The van der Waals surface area contributed by atoms with Crippen molar-refractivity contribution in [2.45, 2.75) is 56.5 Å². The molecule has 39 heavy (non-hydrogen) atoms. The fraction of sp³-hybridized carbons (Fsp3) is 0.360. The van der Waals surface area contributed by atoms with Crippen LogP contribution in [0, 0.1) is 0 Å². The van der Waals surface area contributed by atoms with Crippen molar-refractivity contribution in [1.82, 2.24) is 35.9 Å². The molecule has 2 aromatic heterocycles. The second-order valence-electron chi connectivity index (χ2n) is 9.05. The zero-order valence-electron chi connectivity index (χ0n) is 21.2. The summed E-state index contributed by atoms with van der Waals surface area (Å²) < 4.78 is 0. The summed E-state index contributed by atoms with van der Waals surface area (Å²) in [5.74, 6) is -3.58. The first kappa shape index (κ1) is 29.0. The largest absolute Gasteiger partial charge is 0.480 e. The van der Waals surface area contributed by atoms with Crippen molar-refractivity contribution in [1.29, 1.82) is 0 Å². The van der Waals surface area contributed by atoms with Gasteiger partial charge in [-0.3, -0.25) is 14.4 Å². The fourth-order valence-corrected chi connectivity index (χ4v) is 3.81. The normalized spacial score (nSPS) is 14.8. The standard InChI is InChI=1S/C25H32N8O6/c1-14(34)21(25(38)39)33-24(37)20(9-17-11-28-13-30-17)32-23(36)19(8-16-10-27-12-29-16)31-22(35)18(26)7-15-5-3-2-4-6-15/h2-6,10-14,18-21,34H,7-9,26H2,1H3,(H,27,29)(H,28,30)(H,31,35)(H,32,36)(H,33,37)(H,38,39). The monoisotopic (exact) mass is 540 g/mol. The van der Waals surface area contributed by atoms with Gasteiger partial charge in [-0.2, -0.15) is 0 Å². The van der Waals surface area contributed by atoms with Crippen LogP contribution in [-0.2, 0) is 38.4 Å². The smallest absolute Gasteiger partial charge is 0.328 e. The van der Waals surface area contributed by atoms with E-state index in [1.807, 2.05) is 30.3 Å². The van der Waals surface area contributed by atoms with E-state index in [1.54, 1.807) is 0 Å². The van der Waals surface area contributed by atoms with Crippen LogP contribution in [0.3, 0.4) is 0 Å². The van der Waals surface area contributed by atoms with Crippen molar-refractivity contribution in [3.63, 3.8) is 0 Å². The number of carbonyl (C=O) groups excluding carboxylic acids is 3. The van der Waals surface area contributed by atoms with Gasteiger partial charge in [-0.05, 0) is 18.9 Å². The highest BCUT2D eigenvalue weighted by molar-refractivity contribution is 5.94. The quantitative estimate of drug-likeness (QED) is 0.118. The molecule has 3 rings (SSSR count). The van der Waals surface area contributed by atoms with Crippen LogP contribution in [0.1, 0.15) is 23.9 Å². The molecule has 14 nitrogen and oxygen atoms in total. The Morgan fingerprint density at radius 3 is 1.82 bits per heavy atom. The maximum atomic E-state index is 13.4. The molecule has 0 radical (unpaired) electrons. The Hall–Kier alpha value is -4.56. The highest BCUT2D eigenvalue weighted by atomic mass is 16.4. The van der Waals surface area contributed by atoms with E-state index in [0.717, 1.165) is 5.56 Å². The van der Waals surface area contributed by atoms with E-state index < -0.39 is 54.0 Å². The van der Waals surface area contributed by atoms with Crippen LogP contribution in [-0.4, -0.2) is 84.1 Å². The van der Waals surface area contributed by atoms with Crippen molar-refractivity contribution in [3.05, 3.63) is 72.3 Å². The zero-order chi connectivity index (χ0) is 28.4. The van der Waals surface area contributed by atoms with Gasteiger partial charge in [-0.15, -0.1) is 0 Å². The summed E-state index contributed by atoms with van der Waals surface area (Å²) in [4.78, 5) is 64.4. The van der Waals surface area contributed by atoms with Gasteiger partial charge in [0.1, 0.15) is 12.1 Å². The number of aliphatic hydroxyl groups is 1. The number of benzene rings is 1. The molecule has 3 amide bonds. The number of nitrogens with zero attached hydrogens (tertiary/aromatic N) is 2. The van der Waals surface area contributed by atoms with Crippen LogP contribution in [0.2, 0.25) is 0 Å². The number of nitrogens with two attached hydrogens (primary N) is 1. The summed E-state index contributed by atoms with van der Waals surface area (Å²) in [6.07, 6.45) is 4.54. The Balaban J connectivity index is 1.77. The Morgan fingerprint density at radius 2 is 1.36 bits per heavy atom. The minimum Gasteiger partial charge on any atom is -0.480 e. The predicted octanol–water partition coefficient (Wildman–Crippen LogP) is -1.59. The Labute approximate surface area is 223 Å². The molecule has 0 saturated heterocycles. The first-order chi connectivity index (χ1) is 18.6. The number of imidazole rings is 2. The van der Waals surface area contributed by atoms with Gasteiger partial charge in [0.2, 0.25) is 17.7 Å². The SMILES string of the molecule is CC(O)C(NC(=O)C(Cc1cnc[nH]1)NC(=O)C(Cc1cnc[nH]1)NC(=O)C(N)Cc1ccccc1)C(=O)O. The van der Waals surface area contributed by atoms with Gasteiger partial charge in [0.15, 0.2) is 6.04 Å². The van der Waals surface area contributed by atoms with Crippen LogP contribution < -0.4 is 21.7 Å².